The van der Waals surface area contributed by atoms with Gasteiger partial charge in [0, 0.05) is 13.0 Å². The summed E-state index contributed by atoms with van der Waals surface area (Å²) in [5.74, 6) is 0.0684. The van der Waals surface area contributed by atoms with Gasteiger partial charge >= 0.3 is 5.97 Å². The number of rotatable bonds is 8. The molecule has 0 unspecified atom stereocenters. The Bertz CT molecular complexity index is 731. The lowest BCUT2D eigenvalue weighted by Crippen LogP contribution is -2.18. The highest BCUT2D eigenvalue weighted by Crippen LogP contribution is 2.23. The third kappa shape index (κ3) is 5.24. The number of para-hydroxylation sites is 3. The van der Waals surface area contributed by atoms with Crippen molar-refractivity contribution in [2.75, 3.05) is 30.9 Å². The molecule has 1 amide bonds. The molecule has 2 rings (SSSR count). The fourth-order valence-electron chi connectivity index (χ4n) is 2.30. The van der Waals surface area contributed by atoms with Crippen molar-refractivity contribution in [2.24, 2.45) is 0 Å². The van der Waals surface area contributed by atoms with E-state index in [4.69, 9.17) is 9.47 Å². The molecule has 0 aliphatic carbocycles. The maximum Gasteiger partial charge on any atom is 0.339 e. The Balaban J connectivity index is 1.91. The van der Waals surface area contributed by atoms with Gasteiger partial charge in [-0.1, -0.05) is 24.3 Å². The average Bonchev–Trinajstić information content (AvgIpc) is 2.63. The number of nitrogens with one attached hydrogen (secondary N) is 2. The number of esters is 1. The van der Waals surface area contributed by atoms with Gasteiger partial charge in [-0.25, -0.2) is 4.79 Å². The highest BCUT2D eigenvalue weighted by atomic mass is 16.5. The molecule has 0 aliphatic heterocycles. The van der Waals surface area contributed by atoms with Gasteiger partial charge in [-0.15, -0.1) is 0 Å². The van der Waals surface area contributed by atoms with E-state index in [2.05, 4.69) is 10.6 Å². The van der Waals surface area contributed by atoms with Crippen LogP contribution in [0, 0.1) is 0 Å². The Morgan fingerprint density at radius 1 is 1.00 bits per heavy atom. The van der Waals surface area contributed by atoms with Crippen molar-refractivity contribution in [2.45, 2.75) is 13.3 Å². The molecule has 0 saturated carbocycles. The largest absolute Gasteiger partial charge is 0.492 e. The normalized spacial score (nSPS) is 10.0. The molecule has 6 nitrogen and oxygen atoms in total. The summed E-state index contributed by atoms with van der Waals surface area (Å²) >= 11 is 0. The topological polar surface area (TPSA) is 76.7 Å². The van der Waals surface area contributed by atoms with Crippen LogP contribution in [0.1, 0.15) is 23.7 Å². The van der Waals surface area contributed by atoms with Gasteiger partial charge in [0.15, 0.2) is 0 Å². The number of hydrogen-bond acceptors (Lipinski definition) is 5. The minimum absolute atomic E-state index is 0.197. The maximum absolute atomic E-state index is 12.1. The van der Waals surface area contributed by atoms with Crippen molar-refractivity contribution in [3.8, 4) is 5.75 Å². The fraction of sp³-hybridized carbons (Fsp3) is 0.263. The molecule has 0 radical (unpaired) electrons. The number of hydrogen-bond donors (Lipinski definition) is 2. The summed E-state index contributed by atoms with van der Waals surface area (Å²) in [6.07, 6.45) is 0.246. The van der Waals surface area contributed by atoms with Crippen molar-refractivity contribution < 1.29 is 19.1 Å². The van der Waals surface area contributed by atoms with Crippen LogP contribution in [0.2, 0.25) is 0 Å². The summed E-state index contributed by atoms with van der Waals surface area (Å²) in [7, 11) is 1.31. The summed E-state index contributed by atoms with van der Waals surface area (Å²) in [6.45, 7) is 2.93. The molecule has 2 N–H and O–H groups in total. The molecular formula is C19H22N2O4. The molecular weight excluding hydrogens is 320 g/mol. The molecule has 2 aromatic carbocycles. The van der Waals surface area contributed by atoms with Crippen LogP contribution in [0.5, 0.6) is 5.75 Å². The first-order chi connectivity index (χ1) is 12.2. The summed E-state index contributed by atoms with van der Waals surface area (Å²) in [5, 5.41) is 5.93. The molecule has 0 fully saturated rings. The minimum atomic E-state index is -0.486. The summed E-state index contributed by atoms with van der Waals surface area (Å²) < 4.78 is 10.2. The predicted molar refractivity (Wildman–Crippen MR) is 97.1 cm³/mol. The maximum atomic E-state index is 12.1. The molecule has 0 aromatic heterocycles. The zero-order valence-electron chi connectivity index (χ0n) is 14.4. The molecule has 132 valence electrons. The van der Waals surface area contributed by atoms with Gasteiger partial charge in [-0.3, -0.25) is 4.79 Å². The monoisotopic (exact) mass is 342 g/mol. The van der Waals surface area contributed by atoms with Crippen LogP contribution in [-0.2, 0) is 9.53 Å². The van der Waals surface area contributed by atoms with Crippen molar-refractivity contribution >= 4 is 23.3 Å². The smallest absolute Gasteiger partial charge is 0.339 e. The van der Waals surface area contributed by atoms with E-state index < -0.39 is 5.97 Å². The van der Waals surface area contributed by atoms with E-state index in [9.17, 15) is 9.59 Å². The van der Waals surface area contributed by atoms with Crippen LogP contribution < -0.4 is 15.4 Å². The number of carbonyl (C=O) groups excluding carboxylic acids is 2. The van der Waals surface area contributed by atoms with Crippen molar-refractivity contribution in [1.29, 1.82) is 0 Å². The number of anilines is 2. The Kier molecular flexibility index (Phi) is 6.83. The summed E-state index contributed by atoms with van der Waals surface area (Å²) in [5.41, 5.74) is 1.61. The SMILES string of the molecule is CCOc1ccccc1NCCC(=O)Nc1ccccc1C(=O)OC. The Labute approximate surface area is 147 Å². The molecule has 25 heavy (non-hydrogen) atoms. The molecule has 0 saturated heterocycles. The molecule has 0 aliphatic rings. The van der Waals surface area contributed by atoms with Gasteiger partial charge in [-0.2, -0.15) is 0 Å². The minimum Gasteiger partial charge on any atom is -0.492 e. The van der Waals surface area contributed by atoms with Gasteiger partial charge in [0.25, 0.3) is 0 Å². The predicted octanol–water partition coefficient (Wildman–Crippen LogP) is 3.31. The van der Waals surface area contributed by atoms with Crippen molar-refractivity contribution in [3.63, 3.8) is 0 Å². The molecule has 0 atom stereocenters. The summed E-state index contributed by atoms with van der Waals surface area (Å²) in [4.78, 5) is 23.9. The second kappa shape index (κ2) is 9.32. The van der Waals surface area contributed by atoms with Crippen LogP contribution in [0.15, 0.2) is 48.5 Å². The van der Waals surface area contributed by atoms with Crippen molar-refractivity contribution in [3.05, 3.63) is 54.1 Å². The lowest BCUT2D eigenvalue weighted by molar-refractivity contribution is -0.115. The quantitative estimate of drug-likeness (QED) is 0.720. The van der Waals surface area contributed by atoms with E-state index in [0.717, 1.165) is 11.4 Å². The first-order valence-electron chi connectivity index (χ1n) is 8.08. The standard InChI is InChI=1S/C19H22N2O4/c1-3-25-17-11-7-6-10-16(17)20-13-12-18(22)21-15-9-5-4-8-14(15)19(23)24-2/h4-11,20H,3,12-13H2,1-2H3,(H,21,22). The molecule has 0 heterocycles. The van der Waals surface area contributed by atoms with Gasteiger partial charge < -0.3 is 20.1 Å². The van der Waals surface area contributed by atoms with Crippen molar-refractivity contribution in [1.82, 2.24) is 0 Å². The van der Waals surface area contributed by atoms with E-state index in [1.54, 1.807) is 24.3 Å². The van der Waals surface area contributed by atoms with Crippen LogP contribution in [0.3, 0.4) is 0 Å². The average molecular weight is 342 g/mol. The zero-order valence-corrected chi connectivity index (χ0v) is 14.4. The second-order valence-electron chi connectivity index (χ2n) is 5.19. The van der Waals surface area contributed by atoms with Crippen LogP contribution in [-0.4, -0.2) is 32.1 Å². The zero-order chi connectivity index (χ0) is 18.1. The number of methoxy groups -OCH3 is 1. The van der Waals surface area contributed by atoms with E-state index in [0.29, 0.717) is 24.4 Å². The lowest BCUT2D eigenvalue weighted by atomic mass is 10.1. The number of amides is 1. The molecule has 6 heteroatoms. The number of ether oxygens (including phenoxy) is 2. The van der Waals surface area contributed by atoms with E-state index >= 15 is 0 Å². The molecule has 0 spiro atoms. The van der Waals surface area contributed by atoms with Crippen LogP contribution in [0.25, 0.3) is 0 Å². The first-order valence-corrected chi connectivity index (χ1v) is 8.08. The van der Waals surface area contributed by atoms with E-state index in [-0.39, 0.29) is 12.3 Å². The van der Waals surface area contributed by atoms with Gasteiger partial charge in [0.1, 0.15) is 5.75 Å². The van der Waals surface area contributed by atoms with Gasteiger partial charge in [0.2, 0.25) is 5.91 Å². The molecule has 2 aromatic rings. The highest BCUT2D eigenvalue weighted by molar-refractivity contribution is 6.01. The van der Waals surface area contributed by atoms with E-state index in [1.165, 1.54) is 7.11 Å². The van der Waals surface area contributed by atoms with Gasteiger partial charge in [-0.05, 0) is 31.2 Å². The third-order valence-electron chi connectivity index (χ3n) is 3.46. The Hall–Kier alpha value is -3.02. The van der Waals surface area contributed by atoms with Crippen LogP contribution >= 0.6 is 0 Å². The number of benzene rings is 2. The number of carbonyl (C=O) groups is 2. The van der Waals surface area contributed by atoms with E-state index in [1.807, 2.05) is 31.2 Å². The van der Waals surface area contributed by atoms with Gasteiger partial charge in [0.05, 0.1) is 30.7 Å². The third-order valence-corrected chi connectivity index (χ3v) is 3.46. The first kappa shape index (κ1) is 18.3. The van der Waals surface area contributed by atoms with Crippen LogP contribution in [0.4, 0.5) is 11.4 Å². The second-order valence-corrected chi connectivity index (χ2v) is 5.19. The highest BCUT2D eigenvalue weighted by Gasteiger charge is 2.13. The molecule has 0 bridgehead atoms. The fourth-order valence-corrected chi connectivity index (χ4v) is 2.30. The summed E-state index contributed by atoms with van der Waals surface area (Å²) in [6, 6.07) is 14.3. The lowest BCUT2D eigenvalue weighted by Gasteiger charge is -2.13. The Morgan fingerprint density at radius 2 is 1.68 bits per heavy atom. The Morgan fingerprint density at radius 3 is 2.40 bits per heavy atom.